The third-order valence-electron chi connectivity index (χ3n) is 3.58. The summed E-state index contributed by atoms with van der Waals surface area (Å²) < 4.78 is 31.7. The second kappa shape index (κ2) is 6.45. The van der Waals surface area contributed by atoms with E-state index in [-0.39, 0.29) is 12.4 Å². The fraction of sp³-hybridized carbons (Fsp3) is 0.571. The number of hydrogen-bond acceptors (Lipinski definition) is 4. The van der Waals surface area contributed by atoms with E-state index >= 15 is 0 Å². The smallest absolute Gasteiger partial charge is 0.214 e. The van der Waals surface area contributed by atoms with Crippen molar-refractivity contribution in [2.75, 3.05) is 24.6 Å². The lowest BCUT2D eigenvalue weighted by Gasteiger charge is -2.12. The molecule has 0 bridgehead atoms. The lowest BCUT2D eigenvalue weighted by molar-refractivity contribution is 0.342. The van der Waals surface area contributed by atoms with Crippen LogP contribution in [0.1, 0.15) is 19.8 Å². The molecule has 0 spiro atoms. The number of para-hydroxylation sites is 2. The molecule has 1 aromatic rings. The highest BCUT2D eigenvalue weighted by Crippen LogP contribution is 2.36. The quantitative estimate of drug-likeness (QED) is 0.714. The first-order valence-corrected chi connectivity index (χ1v) is 8.58. The number of nitrogen functional groups attached to an aromatic ring is 1. The van der Waals surface area contributed by atoms with Crippen molar-refractivity contribution in [1.29, 1.82) is 0 Å². The Labute approximate surface area is 120 Å². The molecule has 0 heterocycles. The molecule has 1 aliphatic rings. The Morgan fingerprint density at radius 1 is 1.40 bits per heavy atom. The summed E-state index contributed by atoms with van der Waals surface area (Å²) in [6, 6.07) is 7.06. The second-order valence-corrected chi connectivity index (χ2v) is 7.29. The Morgan fingerprint density at radius 2 is 2.10 bits per heavy atom. The third kappa shape index (κ3) is 4.68. The molecule has 20 heavy (non-hydrogen) atoms. The van der Waals surface area contributed by atoms with Gasteiger partial charge >= 0.3 is 0 Å². The van der Waals surface area contributed by atoms with E-state index in [0.717, 1.165) is 0 Å². The average molecular weight is 298 g/mol. The Morgan fingerprint density at radius 3 is 2.75 bits per heavy atom. The molecule has 5 nitrogen and oxygen atoms in total. The topological polar surface area (TPSA) is 81.4 Å². The fourth-order valence-electron chi connectivity index (χ4n) is 2.04. The molecule has 0 aliphatic heterocycles. The normalized spacial score (nSPS) is 16.9. The van der Waals surface area contributed by atoms with Gasteiger partial charge in [-0.15, -0.1) is 0 Å². The maximum Gasteiger partial charge on any atom is 0.214 e. The van der Waals surface area contributed by atoms with Gasteiger partial charge < -0.3 is 10.5 Å². The minimum Gasteiger partial charge on any atom is -0.490 e. The predicted octanol–water partition coefficient (Wildman–Crippen LogP) is 1.61. The van der Waals surface area contributed by atoms with Gasteiger partial charge in [-0.1, -0.05) is 19.1 Å². The summed E-state index contributed by atoms with van der Waals surface area (Å²) in [5.41, 5.74) is 6.23. The molecule has 0 amide bonds. The van der Waals surface area contributed by atoms with Crippen LogP contribution in [-0.2, 0) is 10.0 Å². The number of rotatable bonds is 8. The van der Waals surface area contributed by atoms with E-state index in [2.05, 4.69) is 11.6 Å². The largest absolute Gasteiger partial charge is 0.490 e. The number of benzene rings is 1. The number of nitrogens with one attached hydrogen (secondary N) is 1. The second-order valence-electron chi connectivity index (χ2n) is 5.37. The minimum atomic E-state index is -3.28. The third-order valence-corrected chi connectivity index (χ3v) is 4.89. The summed E-state index contributed by atoms with van der Waals surface area (Å²) in [6.45, 7) is 2.70. The summed E-state index contributed by atoms with van der Waals surface area (Å²) in [5.74, 6) is 1.57. The van der Waals surface area contributed by atoms with E-state index in [1.165, 1.54) is 12.8 Å². The van der Waals surface area contributed by atoms with Crippen LogP contribution in [0.5, 0.6) is 5.75 Å². The van der Waals surface area contributed by atoms with E-state index in [0.29, 0.717) is 29.8 Å². The number of ether oxygens (including phenoxy) is 1. The van der Waals surface area contributed by atoms with E-state index < -0.39 is 10.0 Å². The van der Waals surface area contributed by atoms with Crippen LogP contribution < -0.4 is 15.2 Å². The van der Waals surface area contributed by atoms with Gasteiger partial charge in [-0.2, -0.15) is 0 Å². The van der Waals surface area contributed by atoms with Gasteiger partial charge in [0.15, 0.2) is 0 Å². The highest BCUT2D eigenvalue weighted by molar-refractivity contribution is 7.89. The highest BCUT2D eigenvalue weighted by Gasteiger charge is 2.28. The van der Waals surface area contributed by atoms with Crippen molar-refractivity contribution < 1.29 is 13.2 Å². The van der Waals surface area contributed by atoms with Crippen LogP contribution in [0.3, 0.4) is 0 Å². The first-order chi connectivity index (χ1) is 9.48. The molecule has 112 valence electrons. The van der Waals surface area contributed by atoms with E-state index in [9.17, 15) is 8.42 Å². The maximum atomic E-state index is 11.8. The Balaban J connectivity index is 1.73. The predicted molar refractivity (Wildman–Crippen MR) is 80.0 cm³/mol. The van der Waals surface area contributed by atoms with Crippen molar-refractivity contribution in [3.63, 3.8) is 0 Å². The summed E-state index contributed by atoms with van der Waals surface area (Å²) in [5, 5.41) is 0. The Hall–Kier alpha value is -1.27. The molecule has 1 aromatic carbocycles. The van der Waals surface area contributed by atoms with Gasteiger partial charge in [-0.05, 0) is 36.8 Å². The van der Waals surface area contributed by atoms with Crippen LogP contribution in [0.2, 0.25) is 0 Å². The molecular formula is C14H22N2O3S. The molecule has 0 radical (unpaired) electrons. The van der Waals surface area contributed by atoms with Gasteiger partial charge in [-0.25, -0.2) is 13.1 Å². The summed E-state index contributed by atoms with van der Waals surface area (Å²) in [6.07, 6.45) is 2.44. The van der Waals surface area contributed by atoms with Crippen molar-refractivity contribution in [1.82, 2.24) is 4.72 Å². The van der Waals surface area contributed by atoms with E-state index in [1.807, 2.05) is 0 Å². The maximum absolute atomic E-state index is 11.8. The van der Waals surface area contributed by atoms with Crippen LogP contribution in [0.25, 0.3) is 0 Å². The van der Waals surface area contributed by atoms with Crippen molar-refractivity contribution in [2.24, 2.45) is 11.8 Å². The van der Waals surface area contributed by atoms with Crippen LogP contribution >= 0.6 is 0 Å². The van der Waals surface area contributed by atoms with Crippen molar-refractivity contribution in [2.45, 2.75) is 19.8 Å². The summed E-state index contributed by atoms with van der Waals surface area (Å²) in [7, 11) is -3.28. The van der Waals surface area contributed by atoms with Crippen LogP contribution in [0.4, 0.5) is 5.69 Å². The summed E-state index contributed by atoms with van der Waals surface area (Å²) in [4.78, 5) is 0. The molecule has 0 saturated heterocycles. The zero-order chi connectivity index (χ0) is 14.6. The summed E-state index contributed by atoms with van der Waals surface area (Å²) >= 11 is 0. The lowest BCUT2D eigenvalue weighted by atomic mass is 10.1. The first-order valence-electron chi connectivity index (χ1n) is 6.92. The molecular weight excluding hydrogens is 276 g/mol. The van der Waals surface area contributed by atoms with Gasteiger partial charge in [-0.3, -0.25) is 0 Å². The van der Waals surface area contributed by atoms with Gasteiger partial charge in [0.05, 0.1) is 11.4 Å². The SMILES string of the molecule is CC(CNS(=O)(=O)CCOc1ccccc1N)C1CC1. The standard InChI is InChI=1S/C14H22N2O3S/c1-11(12-6-7-12)10-16-20(17,18)9-8-19-14-5-3-2-4-13(14)15/h2-5,11-12,16H,6-10,15H2,1H3. The molecule has 1 aliphatic carbocycles. The van der Waals surface area contributed by atoms with E-state index in [4.69, 9.17) is 10.5 Å². The molecule has 0 aromatic heterocycles. The Bertz CT molecular complexity index is 541. The molecule has 2 rings (SSSR count). The zero-order valence-electron chi connectivity index (χ0n) is 11.7. The molecule has 1 atom stereocenters. The van der Waals surface area contributed by atoms with Crippen LogP contribution in [-0.4, -0.2) is 27.3 Å². The average Bonchev–Trinajstić information content (AvgIpc) is 3.23. The first kappa shape index (κ1) is 15.1. The van der Waals surface area contributed by atoms with Crippen molar-refractivity contribution in [3.8, 4) is 5.75 Å². The molecule has 6 heteroatoms. The minimum absolute atomic E-state index is 0.0568. The van der Waals surface area contributed by atoms with Gasteiger partial charge in [0.1, 0.15) is 12.4 Å². The van der Waals surface area contributed by atoms with Gasteiger partial charge in [0.2, 0.25) is 10.0 Å². The van der Waals surface area contributed by atoms with E-state index in [1.54, 1.807) is 24.3 Å². The number of nitrogens with two attached hydrogens (primary N) is 1. The van der Waals surface area contributed by atoms with Crippen molar-refractivity contribution >= 4 is 15.7 Å². The monoisotopic (exact) mass is 298 g/mol. The highest BCUT2D eigenvalue weighted by atomic mass is 32.2. The van der Waals surface area contributed by atoms with Gasteiger partial charge in [0, 0.05) is 6.54 Å². The van der Waals surface area contributed by atoms with Crippen LogP contribution in [0, 0.1) is 11.8 Å². The van der Waals surface area contributed by atoms with Gasteiger partial charge in [0.25, 0.3) is 0 Å². The molecule has 1 saturated carbocycles. The molecule has 1 unspecified atom stereocenters. The lowest BCUT2D eigenvalue weighted by Crippen LogP contribution is -2.33. The molecule has 3 N–H and O–H groups in total. The van der Waals surface area contributed by atoms with Crippen molar-refractivity contribution in [3.05, 3.63) is 24.3 Å². The van der Waals surface area contributed by atoms with Crippen LogP contribution in [0.15, 0.2) is 24.3 Å². The Kier molecular flexibility index (Phi) is 4.88. The fourth-order valence-corrected chi connectivity index (χ4v) is 3.00. The number of hydrogen-bond donors (Lipinski definition) is 2. The zero-order valence-corrected chi connectivity index (χ0v) is 12.5. The number of anilines is 1. The number of sulfonamides is 1. The molecule has 1 fully saturated rings.